The summed E-state index contributed by atoms with van der Waals surface area (Å²) >= 11 is 0. The monoisotopic (exact) mass is 357 g/mol. The Bertz CT molecular complexity index is 834. The van der Waals surface area contributed by atoms with Gasteiger partial charge in [0.05, 0.1) is 0 Å². The molecule has 1 aromatic heterocycles. The highest BCUT2D eigenvalue weighted by atomic mass is 16.5. The van der Waals surface area contributed by atoms with Crippen LogP contribution in [0.5, 0.6) is 5.75 Å². The Hall–Kier alpha value is -2.30. The first-order valence-corrected chi connectivity index (χ1v) is 9.42. The third-order valence-corrected chi connectivity index (χ3v) is 5.25. The number of nitrogens with zero attached hydrogens (tertiary/aromatic N) is 1. The highest BCUT2D eigenvalue weighted by molar-refractivity contribution is 5.82. The highest BCUT2D eigenvalue weighted by Gasteiger charge is 2.22. The minimum atomic E-state index is -0.369. The fraction of sp³-hybridized carbons (Fsp3) is 0.524. The normalized spacial score (nSPS) is 15.4. The third-order valence-electron chi connectivity index (χ3n) is 5.25. The van der Waals surface area contributed by atoms with Gasteiger partial charge in [-0.15, -0.1) is 0 Å². The van der Waals surface area contributed by atoms with Crippen LogP contribution in [0.2, 0.25) is 0 Å². The van der Waals surface area contributed by atoms with E-state index in [4.69, 9.17) is 9.15 Å². The first-order valence-electron chi connectivity index (χ1n) is 9.42. The largest absolute Gasteiger partial charge is 0.484 e. The summed E-state index contributed by atoms with van der Waals surface area (Å²) in [6, 6.07) is 7.26. The number of hydrogen-bond donors (Lipinski definition) is 0. The van der Waals surface area contributed by atoms with Crippen molar-refractivity contribution in [3.63, 3.8) is 0 Å². The number of benzene rings is 1. The Labute approximate surface area is 153 Å². The van der Waals surface area contributed by atoms with Gasteiger partial charge in [0.2, 0.25) is 0 Å². The summed E-state index contributed by atoms with van der Waals surface area (Å²) in [7, 11) is 1.86. The number of likely N-dealkylation sites (N-methyl/N-ethyl adjacent to an activating group) is 1. The zero-order chi connectivity index (χ0) is 18.7. The van der Waals surface area contributed by atoms with Gasteiger partial charge in [0.1, 0.15) is 11.3 Å². The smallest absolute Gasteiger partial charge is 0.336 e. The quantitative estimate of drug-likeness (QED) is 0.756. The van der Waals surface area contributed by atoms with E-state index in [-0.39, 0.29) is 24.1 Å². The Morgan fingerprint density at radius 2 is 1.96 bits per heavy atom. The molecule has 1 fully saturated rings. The van der Waals surface area contributed by atoms with Gasteiger partial charge in [-0.2, -0.15) is 0 Å². The van der Waals surface area contributed by atoms with Crippen LogP contribution in [0.4, 0.5) is 0 Å². The Morgan fingerprint density at radius 1 is 1.23 bits per heavy atom. The van der Waals surface area contributed by atoms with Crippen LogP contribution in [0, 0.1) is 0 Å². The molecule has 140 valence electrons. The predicted molar refractivity (Wildman–Crippen MR) is 102 cm³/mol. The number of ether oxygens (including phenoxy) is 1. The predicted octanol–water partition coefficient (Wildman–Crippen LogP) is 4.09. The summed E-state index contributed by atoms with van der Waals surface area (Å²) in [6.07, 6.45) is 5.77. The lowest BCUT2D eigenvalue weighted by Gasteiger charge is -2.31. The molecule has 1 aromatic carbocycles. The fourth-order valence-electron chi connectivity index (χ4n) is 3.65. The maximum atomic E-state index is 12.4. The molecule has 1 amide bonds. The van der Waals surface area contributed by atoms with E-state index < -0.39 is 0 Å². The first-order chi connectivity index (χ1) is 12.5. The van der Waals surface area contributed by atoms with E-state index in [1.54, 1.807) is 6.07 Å². The van der Waals surface area contributed by atoms with E-state index in [0.717, 1.165) is 23.8 Å². The summed E-state index contributed by atoms with van der Waals surface area (Å²) in [5.41, 5.74) is 1.08. The molecule has 2 aromatic rings. The van der Waals surface area contributed by atoms with Crippen molar-refractivity contribution in [2.24, 2.45) is 0 Å². The van der Waals surface area contributed by atoms with Crippen molar-refractivity contribution in [1.82, 2.24) is 4.90 Å². The van der Waals surface area contributed by atoms with Crippen LogP contribution in [0.3, 0.4) is 0 Å². The number of fused-ring (bicyclic) bond motifs is 1. The molecule has 1 aliphatic carbocycles. The Kier molecular flexibility index (Phi) is 5.64. The van der Waals surface area contributed by atoms with Crippen LogP contribution in [0.25, 0.3) is 11.0 Å². The van der Waals surface area contributed by atoms with Crippen molar-refractivity contribution < 1.29 is 13.9 Å². The number of rotatable bonds is 5. The Morgan fingerprint density at radius 3 is 2.65 bits per heavy atom. The summed E-state index contributed by atoms with van der Waals surface area (Å²) in [6.45, 7) is 4.07. The molecule has 26 heavy (non-hydrogen) atoms. The van der Waals surface area contributed by atoms with E-state index in [1.807, 2.05) is 37.9 Å². The van der Waals surface area contributed by atoms with Crippen molar-refractivity contribution in [1.29, 1.82) is 0 Å². The molecule has 0 unspecified atom stereocenters. The average Bonchev–Trinajstić information content (AvgIpc) is 2.65. The van der Waals surface area contributed by atoms with E-state index >= 15 is 0 Å². The fourth-order valence-corrected chi connectivity index (χ4v) is 3.65. The van der Waals surface area contributed by atoms with E-state index in [1.165, 1.54) is 25.3 Å². The molecule has 5 nitrogen and oxygen atoms in total. The van der Waals surface area contributed by atoms with Gasteiger partial charge < -0.3 is 14.1 Å². The van der Waals surface area contributed by atoms with Gasteiger partial charge in [-0.05, 0) is 36.5 Å². The molecule has 0 spiro atoms. The van der Waals surface area contributed by atoms with E-state index in [9.17, 15) is 9.59 Å². The summed E-state index contributed by atoms with van der Waals surface area (Å²) in [5.74, 6) is 0.737. The second-order valence-corrected chi connectivity index (χ2v) is 7.42. The molecular formula is C21H27NO4. The van der Waals surface area contributed by atoms with Crippen LogP contribution >= 0.6 is 0 Å². The molecule has 1 aliphatic rings. The molecule has 0 aliphatic heterocycles. The second-order valence-electron chi connectivity index (χ2n) is 7.42. The van der Waals surface area contributed by atoms with Gasteiger partial charge in [0.15, 0.2) is 6.61 Å². The molecule has 1 saturated carbocycles. The molecular weight excluding hydrogens is 330 g/mol. The summed E-state index contributed by atoms with van der Waals surface area (Å²) < 4.78 is 11.0. The van der Waals surface area contributed by atoms with Gasteiger partial charge in [0, 0.05) is 30.6 Å². The lowest BCUT2D eigenvalue weighted by molar-refractivity contribution is -0.134. The average molecular weight is 357 g/mol. The zero-order valence-electron chi connectivity index (χ0n) is 15.8. The lowest BCUT2D eigenvalue weighted by Crippen LogP contribution is -2.40. The van der Waals surface area contributed by atoms with Gasteiger partial charge in [-0.1, -0.05) is 33.1 Å². The molecule has 0 bridgehead atoms. The van der Waals surface area contributed by atoms with Crippen molar-refractivity contribution in [2.75, 3.05) is 13.7 Å². The van der Waals surface area contributed by atoms with Gasteiger partial charge in [-0.3, -0.25) is 4.79 Å². The Balaban J connectivity index is 1.71. The maximum Gasteiger partial charge on any atom is 0.336 e. The summed E-state index contributed by atoms with van der Waals surface area (Å²) in [5, 5.41) is 0.901. The zero-order valence-corrected chi connectivity index (χ0v) is 15.8. The maximum absolute atomic E-state index is 12.4. The molecule has 1 heterocycles. The molecule has 0 saturated heterocycles. The van der Waals surface area contributed by atoms with Crippen molar-refractivity contribution in [3.8, 4) is 5.75 Å². The summed E-state index contributed by atoms with van der Waals surface area (Å²) in [4.78, 5) is 26.0. The van der Waals surface area contributed by atoms with Crippen LogP contribution in [-0.2, 0) is 4.79 Å². The number of carbonyl (C=O) groups excluding carboxylic acids is 1. The highest BCUT2D eigenvalue weighted by Crippen LogP contribution is 2.27. The van der Waals surface area contributed by atoms with Gasteiger partial charge >= 0.3 is 5.63 Å². The van der Waals surface area contributed by atoms with Crippen LogP contribution in [0.15, 0.2) is 33.5 Å². The first kappa shape index (κ1) is 18.5. The number of hydrogen-bond acceptors (Lipinski definition) is 4. The van der Waals surface area contributed by atoms with E-state index in [2.05, 4.69) is 0 Å². The van der Waals surface area contributed by atoms with Crippen molar-refractivity contribution in [3.05, 3.63) is 40.2 Å². The standard InChI is InChI=1S/C21H27NO4/c1-14(2)18-12-21(24)26-19-11-16(9-10-17(18)19)25-13-20(23)22(3)15-7-5-4-6-8-15/h9-12,14-15H,4-8,13H2,1-3H3. The number of amides is 1. The molecule has 5 heteroatoms. The molecule has 3 rings (SSSR count). The second kappa shape index (κ2) is 7.94. The molecule has 0 atom stereocenters. The molecule has 0 N–H and O–H groups in total. The van der Waals surface area contributed by atoms with Gasteiger partial charge in [-0.25, -0.2) is 4.79 Å². The van der Waals surface area contributed by atoms with Crippen LogP contribution < -0.4 is 10.4 Å². The SMILES string of the molecule is CC(C)c1cc(=O)oc2cc(OCC(=O)N(C)C3CCCCC3)ccc12. The molecule has 0 radical (unpaired) electrons. The van der Waals surface area contributed by atoms with Crippen molar-refractivity contribution in [2.45, 2.75) is 57.9 Å². The minimum absolute atomic E-state index is 0.00733. The van der Waals surface area contributed by atoms with Gasteiger partial charge in [0.25, 0.3) is 5.91 Å². The minimum Gasteiger partial charge on any atom is -0.484 e. The van der Waals surface area contributed by atoms with E-state index in [0.29, 0.717) is 17.4 Å². The topological polar surface area (TPSA) is 59.8 Å². The van der Waals surface area contributed by atoms with Crippen LogP contribution in [-0.4, -0.2) is 30.5 Å². The van der Waals surface area contributed by atoms with Crippen LogP contribution in [0.1, 0.15) is 57.4 Å². The third kappa shape index (κ3) is 4.09. The lowest BCUT2D eigenvalue weighted by atomic mass is 9.94. The number of carbonyl (C=O) groups is 1. The van der Waals surface area contributed by atoms with Crippen molar-refractivity contribution >= 4 is 16.9 Å².